The minimum Gasteiger partial charge on any atom is -0.493 e. The summed E-state index contributed by atoms with van der Waals surface area (Å²) in [6.07, 6.45) is 0. The zero-order valence-electron chi connectivity index (χ0n) is 13.4. The minimum atomic E-state index is -2.17. The predicted octanol–water partition coefficient (Wildman–Crippen LogP) is 3.25. The zero-order valence-corrected chi connectivity index (χ0v) is 14.4. The van der Waals surface area contributed by atoms with E-state index in [9.17, 15) is 9.36 Å². The molecule has 0 aliphatic heterocycles. The lowest BCUT2D eigenvalue weighted by molar-refractivity contribution is -0.141. The molecular formula is C16H25O4P. The Kier molecular flexibility index (Phi) is 6.47. The maximum Gasteiger partial charge on any atom is 0.302 e. The van der Waals surface area contributed by atoms with Crippen molar-refractivity contribution >= 4 is 19.1 Å². The van der Waals surface area contributed by atoms with E-state index in [1.807, 2.05) is 38.1 Å². The third-order valence-electron chi connectivity index (χ3n) is 2.95. The number of esters is 1. The SMILES string of the molecule is CC(=O)OCC(C)(C)[PH](=O)c1ccccc1OCC(C)C. The van der Waals surface area contributed by atoms with E-state index in [1.54, 1.807) is 0 Å². The number of hydrogen-bond donors (Lipinski definition) is 0. The summed E-state index contributed by atoms with van der Waals surface area (Å²) in [7, 11) is -2.17. The maximum atomic E-state index is 12.9. The van der Waals surface area contributed by atoms with Gasteiger partial charge in [-0.2, -0.15) is 0 Å². The molecule has 0 aliphatic rings. The van der Waals surface area contributed by atoms with Gasteiger partial charge in [-0.1, -0.05) is 26.0 Å². The third-order valence-corrected chi connectivity index (χ3v) is 5.23. The molecule has 0 radical (unpaired) electrons. The maximum absolute atomic E-state index is 12.9. The Morgan fingerprint density at radius 1 is 1.29 bits per heavy atom. The first kappa shape index (κ1) is 17.8. The van der Waals surface area contributed by atoms with Crippen LogP contribution in [-0.4, -0.2) is 24.3 Å². The fourth-order valence-corrected chi connectivity index (χ4v) is 3.31. The summed E-state index contributed by atoms with van der Waals surface area (Å²) in [5.41, 5.74) is 0. The first-order valence-corrected chi connectivity index (χ1v) is 8.55. The normalized spacial score (nSPS) is 13.0. The number of carbonyl (C=O) groups excluding carboxylic acids is 1. The molecule has 0 aliphatic carbocycles. The number of benzene rings is 1. The number of ether oxygens (including phenoxy) is 2. The first-order valence-electron chi connectivity index (χ1n) is 7.14. The molecule has 21 heavy (non-hydrogen) atoms. The van der Waals surface area contributed by atoms with Crippen molar-refractivity contribution in [2.75, 3.05) is 13.2 Å². The third kappa shape index (κ3) is 5.55. The largest absolute Gasteiger partial charge is 0.493 e. The zero-order chi connectivity index (χ0) is 16.0. The summed E-state index contributed by atoms with van der Waals surface area (Å²) in [5.74, 6) is 0.697. The Balaban J connectivity index is 2.93. The van der Waals surface area contributed by atoms with Crippen LogP contribution in [-0.2, 0) is 14.1 Å². The molecule has 0 spiro atoms. The standard InChI is InChI=1S/C16H25O4P/c1-12(2)10-19-14-8-6-7-9-15(14)21(18)16(4,5)11-20-13(3)17/h6-9,12,21H,10-11H2,1-5H3. The number of hydrogen-bond acceptors (Lipinski definition) is 4. The molecule has 0 aromatic heterocycles. The highest BCUT2D eigenvalue weighted by Crippen LogP contribution is 2.40. The molecule has 1 aromatic rings. The van der Waals surface area contributed by atoms with Crippen molar-refractivity contribution in [3.05, 3.63) is 24.3 Å². The molecule has 1 unspecified atom stereocenters. The molecule has 5 heteroatoms. The van der Waals surface area contributed by atoms with Crippen molar-refractivity contribution in [3.63, 3.8) is 0 Å². The summed E-state index contributed by atoms with van der Waals surface area (Å²) in [5, 5.41) is 0.105. The molecule has 0 bridgehead atoms. The fraction of sp³-hybridized carbons (Fsp3) is 0.562. The quantitative estimate of drug-likeness (QED) is 0.573. The molecule has 1 aromatic carbocycles. The van der Waals surface area contributed by atoms with Crippen molar-refractivity contribution in [3.8, 4) is 5.75 Å². The van der Waals surface area contributed by atoms with Crippen molar-refractivity contribution in [2.45, 2.75) is 39.8 Å². The van der Waals surface area contributed by atoms with Gasteiger partial charge in [0.2, 0.25) is 0 Å². The Morgan fingerprint density at radius 2 is 1.90 bits per heavy atom. The van der Waals surface area contributed by atoms with Crippen molar-refractivity contribution < 1.29 is 18.8 Å². The van der Waals surface area contributed by atoms with Crippen LogP contribution in [0.1, 0.15) is 34.6 Å². The lowest BCUT2D eigenvalue weighted by atomic mass is 10.2. The van der Waals surface area contributed by atoms with Crippen LogP contribution in [0, 0.1) is 5.92 Å². The monoisotopic (exact) mass is 312 g/mol. The summed E-state index contributed by atoms with van der Waals surface area (Å²) < 4.78 is 23.6. The molecule has 4 nitrogen and oxygen atoms in total. The summed E-state index contributed by atoms with van der Waals surface area (Å²) in [6.45, 7) is 9.89. The topological polar surface area (TPSA) is 52.6 Å². The average molecular weight is 312 g/mol. The smallest absolute Gasteiger partial charge is 0.302 e. The van der Waals surface area contributed by atoms with Gasteiger partial charge >= 0.3 is 5.97 Å². The van der Waals surface area contributed by atoms with Gasteiger partial charge in [0.1, 0.15) is 20.2 Å². The highest BCUT2D eigenvalue weighted by molar-refractivity contribution is 7.55. The van der Waals surface area contributed by atoms with Gasteiger partial charge in [-0.15, -0.1) is 0 Å². The molecule has 0 saturated carbocycles. The van der Waals surface area contributed by atoms with E-state index in [1.165, 1.54) is 6.92 Å². The summed E-state index contributed by atoms with van der Waals surface area (Å²) >= 11 is 0. The molecule has 0 fully saturated rings. The molecule has 0 saturated heterocycles. The van der Waals surface area contributed by atoms with E-state index in [-0.39, 0.29) is 12.6 Å². The van der Waals surface area contributed by atoms with Crippen LogP contribution in [0.15, 0.2) is 24.3 Å². The number of carbonyl (C=O) groups is 1. The van der Waals surface area contributed by atoms with E-state index in [0.717, 1.165) is 0 Å². The van der Waals surface area contributed by atoms with Gasteiger partial charge in [0, 0.05) is 6.92 Å². The highest BCUT2D eigenvalue weighted by Gasteiger charge is 2.30. The highest BCUT2D eigenvalue weighted by atomic mass is 31.1. The van der Waals surface area contributed by atoms with Gasteiger partial charge < -0.3 is 14.0 Å². The molecule has 1 rings (SSSR count). The molecule has 0 heterocycles. The van der Waals surface area contributed by atoms with Crippen LogP contribution >= 0.6 is 7.80 Å². The van der Waals surface area contributed by atoms with Crippen LogP contribution in [0.25, 0.3) is 0 Å². The fourth-order valence-electron chi connectivity index (χ4n) is 1.75. The second-order valence-corrected chi connectivity index (χ2v) is 8.74. The van der Waals surface area contributed by atoms with Crippen molar-refractivity contribution in [1.29, 1.82) is 0 Å². The van der Waals surface area contributed by atoms with Gasteiger partial charge in [0.15, 0.2) is 0 Å². The Labute approximate surface area is 127 Å². The molecule has 0 amide bonds. The van der Waals surface area contributed by atoms with E-state index in [2.05, 4.69) is 13.8 Å². The van der Waals surface area contributed by atoms with E-state index in [0.29, 0.717) is 23.6 Å². The van der Waals surface area contributed by atoms with Gasteiger partial charge in [-0.3, -0.25) is 4.79 Å². The minimum absolute atomic E-state index is 0.138. The lowest BCUT2D eigenvalue weighted by Gasteiger charge is -2.25. The van der Waals surface area contributed by atoms with Crippen LogP contribution < -0.4 is 10.0 Å². The molecule has 0 N–H and O–H groups in total. The van der Waals surface area contributed by atoms with Crippen LogP contribution in [0.5, 0.6) is 5.75 Å². The second-order valence-electron chi connectivity index (χ2n) is 6.19. The van der Waals surface area contributed by atoms with Gasteiger partial charge in [-0.05, 0) is 31.9 Å². The Morgan fingerprint density at radius 3 is 2.48 bits per heavy atom. The van der Waals surface area contributed by atoms with Crippen LogP contribution in [0.4, 0.5) is 0 Å². The second kappa shape index (κ2) is 7.65. The van der Waals surface area contributed by atoms with Gasteiger partial charge in [-0.25, -0.2) is 0 Å². The summed E-state index contributed by atoms with van der Waals surface area (Å²) in [6, 6.07) is 7.38. The number of rotatable bonds is 7. The van der Waals surface area contributed by atoms with Gasteiger partial charge in [0.05, 0.1) is 17.1 Å². The molecular weight excluding hydrogens is 287 g/mol. The average Bonchev–Trinajstić information content (AvgIpc) is 2.42. The van der Waals surface area contributed by atoms with E-state index >= 15 is 0 Å². The Hall–Kier alpha value is -1.28. The van der Waals surface area contributed by atoms with Crippen LogP contribution in [0.2, 0.25) is 0 Å². The van der Waals surface area contributed by atoms with Crippen molar-refractivity contribution in [1.82, 2.24) is 0 Å². The first-order chi connectivity index (χ1) is 9.74. The number of para-hydroxylation sites is 1. The molecule has 118 valence electrons. The van der Waals surface area contributed by atoms with E-state index in [4.69, 9.17) is 9.47 Å². The van der Waals surface area contributed by atoms with Crippen LogP contribution in [0.3, 0.4) is 0 Å². The predicted molar refractivity (Wildman–Crippen MR) is 86.1 cm³/mol. The van der Waals surface area contributed by atoms with E-state index < -0.39 is 13.0 Å². The lowest BCUT2D eigenvalue weighted by Crippen LogP contribution is -2.28. The molecule has 1 atom stereocenters. The van der Waals surface area contributed by atoms with Gasteiger partial charge in [0.25, 0.3) is 0 Å². The Bertz CT molecular complexity index is 509. The summed E-state index contributed by atoms with van der Waals surface area (Å²) in [4.78, 5) is 11.0. The van der Waals surface area contributed by atoms with Crippen molar-refractivity contribution in [2.24, 2.45) is 5.92 Å².